The van der Waals surface area contributed by atoms with Crippen LogP contribution < -0.4 is 4.90 Å². The van der Waals surface area contributed by atoms with E-state index in [0.29, 0.717) is 16.6 Å². The summed E-state index contributed by atoms with van der Waals surface area (Å²) in [4.78, 5) is 2.47. The zero-order chi connectivity index (χ0) is 20.6. The van der Waals surface area contributed by atoms with E-state index < -0.39 is 0 Å². The number of nitriles is 1. The molecule has 0 bridgehead atoms. The van der Waals surface area contributed by atoms with Crippen molar-refractivity contribution in [2.24, 2.45) is 0 Å². The van der Waals surface area contributed by atoms with Gasteiger partial charge < -0.3 is 4.90 Å². The summed E-state index contributed by atoms with van der Waals surface area (Å²) < 4.78 is 0. The monoisotopic (exact) mass is 390 g/mol. The summed E-state index contributed by atoms with van der Waals surface area (Å²) in [5.41, 5.74) is 7.40. The Morgan fingerprint density at radius 2 is 1.89 bits per heavy atom. The largest absolute Gasteiger partial charge is 0.360 e. The van der Waals surface area contributed by atoms with Gasteiger partial charge in [-0.05, 0) is 94.1 Å². The van der Waals surface area contributed by atoms with Crippen LogP contribution in [0.15, 0.2) is 42.5 Å². The van der Waals surface area contributed by atoms with E-state index in [-0.39, 0.29) is 5.54 Å². The van der Waals surface area contributed by atoms with Gasteiger partial charge in [0.25, 0.3) is 0 Å². The molecule has 0 aliphatic carbocycles. The highest BCUT2D eigenvalue weighted by Gasteiger charge is 2.33. The first kappa shape index (κ1) is 20.2. The number of anilines is 1. The molecule has 1 aliphatic rings. The second-order valence-corrected chi connectivity index (χ2v) is 8.79. The fourth-order valence-electron chi connectivity index (χ4n) is 4.30. The normalized spacial score (nSPS) is 15.9. The van der Waals surface area contributed by atoms with Gasteiger partial charge in [-0.2, -0.15) is 5.26 Å². The predicted octanol–water partition coefficient (Wildman–Crippen LogP) is 7.12. The molecule has 0 amide bonds. The lowest BCUT2D eigenvalue weighted by molar-refractivity contribution is 0.507. The highest BCUT2D eigenvalue weighted by atomic mass is 35.5. The lowest BCUT2D eigenvalue weighted by Gasteiger charge is -2.46. The van der Waals surface area contributed by atoms with Crippen molar-refractivity contribution in [3.05, 3.63) is 69.8 Å². The number of halogens is 1. The fourth-order valence-corrected chi connectivity index (χ4v) is 4.49. The number of fused-ring (bicyclic) bond motifs is 1. The van der Waals surface area contributed by atoms with Crippen molar-refractivity contribution in [2.75, 3.05) is 4.90 Å². The van der Waals surface area contributed by atoms with Crippen LogP contribution in [0.5, 0.6) is 0 Å². The van der Waals surface area contributed by atoms with E-state index in [9.17, 15) is 5.26 Å². The number of nitrogens with zero attached hydrogens (tertiary/aromatic N) is 2. The standard InChI is InChI=1S/C25H27ClN2/c1-16(2)28-24-10-17(3)20(13-23(24)18(4)14-25(28,5)6)11-21(15-27)19-8-7-9-22(26)12-19/h7-14,16H,1-6H3/b21-11-. The molecule has 0 radical (unpaired) electrons. The van der Waals surface area contributed by atoms with E-state index >= 15 is 0 Å². The van der Waals surface area contributed by atoms with Gasteiger partial charge in [-0.25, -0.2) is 0 Å². The fraction of sp³-hybridized carbons (Fsp3) is 0.320. The first-order valence-electron chi connectivity index (χ1n) is 9.65. The predicted molar refractivity (Wildman–Crippen MR) is 121 cm³/mol. The molecule has 0 N–H and O–H groups in total. The van der Waals surface area contributed by atoms with E-state index in [0.717, 1.165) is 16.7 Å². The quantitative estimate of drug-likeness (QED) is 0.412. The zero-order valence-corrected chi connectivity index (χ0v) is 18.2. The smallest absolute Gasteiger partial charge is 0.0998 e. The highest BCUT2D eigenvalue weighted by molar-refractivity contribution is 6.30. The Kier molecular flexibility index (Phi) is 5.41. The van der Waals surface area contributed by atoms with Gasteiger partial charge >= 0.3 is 0 Å². The molecule has 2 nitrogen and oxygen atoms in total. The molecule has 1 heterocycles. The van der Waals surface area contributed by atoms with Crippen LogP contribution in [0.2, 0.25) is 5.02 Å². The maximum absolute atomic E-state index is 9.72. The summed E-state index contributed by atoms with van der Waals surface area (Å²) in [6.45, 7) is 13.3. The average Bonchev–Trinajstić information content (AvgIpc) is 2.59. The molecule has 3 heteroatoms. The summed E-state index contributed by atoms with van der Waals surface area (Å²) in [7, 11) is 0. The number of hydrogen-bond acceptors (Lipinski definition) is 2. The van der Waals surface area contributed by atoms with Crippen LogP contribution >= 0.6 is 11.6 Å². The third-order valence-corrected chi connectivity index (χ3v) is 5.57. The summed E-state index contributed by atoms with van der Waals surface area (Å²) in [6.07, 6.45) is 4.30. The van der Waals surface area contributed by atoms with E-state index in [1.165, 1.54) is 16.8 Å². The van der Waals surface area contributed by atoms with Gasteiger partial charge in [0.05, 0.1) is 17.2 Å². The Balaban J connectivity index is 2.16. The van der Waals surface area contributed by atoms with Crippen molar-refractivity contribution in [3.63, 3.8) is 0 Å². The summed E-state index contributed by atoms with van der Waals surface area (Å²) in [5.74, 6) is 0. The van der Waals surface area contributed by atoms with Gasteiger partial charge in [-0.15, -0.1) is 0 Å². The molecule has 1 aliphatic heterocycles. The minimum atomic E-state index is -0.0341. The molecule has 0 aromatic heterocycles. The topological polar surface area (TPSA) is 27.0 Å². The number of benzene rings is 2. The van der Waals surface area contributed by atoms with Gasteiger partial charge in [0, 0.05) is 22.3 Å². The van der Waals surface area contributed by atoms with Crippen molar-refractivity contribution in [3.8, 4) is 6.07 Å². The Hall–Kier alpha value is -2.50. The van der Waals surface area contributed by atoms with Crippen LogP contribution in [0, 0.1) is 18.3 Å². The van der Waals surface area contributed by atoms with Crippen LogP contribution in [0.25, 0.3) is 17.2 Å². The summed E-state index contributed by atoms with van der Waals surface area (Å²) >= 11 is 6.12. The number of hydrogen-bond donors (Lipinski definition) is 0. The zero-order valence-electron chi connectivity index (χ0n) is 17.5. The van der Waals surface area contributed by atoms with E-state index in [2.05, 4.69) is 70.7 Å². The third-order valence-electron chi connectivity index (χ3n) is 5.33. The van der Waals surface area contributed by atoms with Gasteiger partial charge in [-0.1, -0.05) is 29.8 Å². The van der Waals surface area contributed by atoms with Crippen LogP contribution in [-0.4, -0.2) is 11.6 Å². The number of rotatable bonds is 3. The van der Waals surface area contributed by atoms with Crippen LogP contribution in [-0.2, 0) is 0 Å². The van der Waals surface area contributed by atoms with Crippen molar-refractivity contribution in [1.82, 2.24) is 0 Å². The summed E-state index contributed by atoms with van der Waals surface area (Å²) in [6, 6.07) is 14.6. The van der Waals surface area contributed by atoms with Crippen molar-refractivity contribution in [1.29, 1.82) is 5.26 Å². The van der Waals surface area contributed by atoms with Crippen molar-refractivity contribution in [2.45, 2.75) is 53.1 Å². The maximum atomic E-state index is 9.72. The first-order valence-corrected chi connectivity index (χ1v) is 10.0. The minimum absolute atomic E-state index is 0.0341. The molecule has 0 spiro atoms. The average molecular weight is 391 g/mol. The van der Waals surface area contributed by atoms with Gasteiger partial charge in [-0.3, -0.25) is 0 Å². The maximum Gasteiger partial charge on any atom is 0.0998 e. The van der Waals surface area contributed by atoms with Crippen molar-refractivity contribution < 1.29 is 0 Å². The molecule has 2 aromatic carbocycles. The Morgan fingerprint density at radius 3 is 2.50 bits per heavy atom. The molecular weight excluding hydrogens is 364 g/mol. The van der Waals surface area contributed by atoms with E-state index in [1.807, 2.05) is 30.3 Å². The molecule has 28 heavy (non-hydrogen) atoms. The molecule has 0 saturated heterocycles. The molecular formula is C25H27ClN2. The Morgan fingerprint density at radius 1 is 1.18 bits per heavy atom. The van der Waals surface area contributed by atoms with Gasteiger partial charge in [0.1, 0.15) is 0 Å². The third kappa shape index (κ3) is 3.73. The Labute approximate surface area is 173 Å². The SMILES string of the molecule is CC1=CC(C)(C)N(C(C)C)c2cc(C)c(/C=C(/C#N)c3cccc(Cl)c3)cc21. The first-order chi connectivity index (χ1) is 13.1. The highest BCUT2D eigenvalue weighted by Crippen LogP contribution is 2.42. The van der Waals surface area contributed by atoms with Crippen LogP contribution in [0.1, 0.15) is 56.9 Å². The lowest BCUT2D eigenvalue weighted by Crippen LogP contribution is -2.49. The molecule has 0 fully saturated rings. The Bertz CT molecular complexity index is 1020. The summed E-state index contributed by atoms with van der Waals surface area (Å²) in [5, 5.41) is 10.3. The van der Waals surface area contributed by atoms with Crippen molar-refractivity contribution >= 4 is 34.5 Å². The molecule has 144 valence electrons. The van der Waals surface area contributed by atoms with Crippen LogP contribution in [0.4, 0.5) is 5.69 Å². The van der Waals surface area contributed by atoms with E-state index in [4.69, 9.17) is 11.6 Å². The van der Waals surface area contributed by atoms with Gasteiger partial charge in [0.15, 0.2) is 0 Å². The second kappa shape index (κ2) is 7.49. The number of allylic oxidation sites excluding steroid dienone is 2. The number of aryl methyl sites for hydroxylation is 1. The van der Waals surface area contributed by atoms with Crippen LogP contribution in [0.3, 0.4) is 0 Å². The molecule has 0 saturated carbocycles. The molecule has 0 atom stereocenters. The van der Waals surface area contributed by atoms with Gasteiger partial charge in [0.2, 0.25) is 0 Å². The molecule has 3 rings (SSSR count). The molecule has 2 aromatic rings. The second-order valence-electron chi connectivity index (χ2n) is 8.35. The van der Waals surface area contributed by atoms with E-state index in [1.54, 1.807) is 0 Å². The lowest BCUT2D eigenvalue weighted by atomic mass is 9.85. The minimum Gasteiger partial charge on any atom is -0.360 e. The molecule has 0 unspecified atom stereocenters.